The maximum Gasteiger partial charge on any atom is 0.267 e. The van der Waals surface area contributed by atoms with Crippen molar-refractivity contribution in [2.24, 2.45) is 0 Å². The van der Waals surface area contributed by atoms with E-state index in [2.05, 4.69) is 29.0 Å². The van der Waals surface area contributed by atoms with Gasteiger partial charge in [0, 0.05) is 24.8 Å². The molecule has 2 atom stereocenters. The number of nitrogens with one attached hydrogen (secondary N) is 1. The Labute approximate surface area is 218 Å². The summed E-state index contributed by atoms with van der Waals surface area (Å²) in [7, 11) is 0. The number of pyridine rings is 1. The zero-order chi connectivity index (χ0) is 25.8. The monoisotopic (exact) mass is 498 g/mol. The highest BCUT2D eigenvalue weighted by atomic mass is 16.5. The van der Waals surface area contributed by atoms with Gasteiger partial charge in [-0.1, -0.05) is 30.7 Å². The van der Waals surface area contributed by atoms with Crippen LogP contribution in [-0.4, -0.2) is 46.9 Å². The SMILES string of the molecule is CC1CCCC(C)N1CCCOc1ccc(CC(=O)N2C(=O)c3ccccc3Nc3ncccc32)cc1. The van der Waals surface area contributed by atoms with E-state index in [1.165, 1.54) is 24.2 Å². The molecule has 5 rings (SSSR count). The van der Waals surface area contributed by atoms with Crippen LogP contribution in [0.25, 0.3) is 0 Å². The van der Waals surface area contributed by atoms with E-state index >= 15 is 0 Å². The molecule has 2 unspecified atom stereocenters. The maximum atomic E-state index is 13.4. The molecule has 0 radical (unpaired) electrons. The summed E-state index contributed by atoms with van der Waals surface area (Å²) in [5.41, 5.74) is 2.34. The van der Waals surface area contributed by atoms with Crippen molar-refractivity contribution >= 4 is 29.0 Å². The molecular weight excluding hydrogens is 464 g/mol. The molecule has 7 heteroatoms. The zero-order valence-electron chi connectivity index (χ0n) is 21.5. The molecule has 1 saturated heterocycles. The van der Waals surface area contributed by atoms with Crippen LogP contribution < -0.4 is 15.0 Å². The minimum absolute atomic E-state index is 0.0905. The number of hydrogen-bond donors (Lipinski definition) is 1. The topological polar surface area (TPSA) is 74.8 Å². The number of rotatable bonds is 7. The summed E-state index contributed by atoms with van der Waals surface area (Å²) in [4.78, 5) is 35.0. The Kier molecular flexibility index (Phi) is 7.51. The van der Waals surface area contributed by atoms with Crippen LogP contribution in [0.1, 0.15) is 55.5 Å². The third kappa shape index (κ3) is 5.52. The van der Waals surface area contributed by atoms with E-state index in [1.807, 2.05) is 36.4 Å². The average Bonchev–Trinajstić information content (AvgIpc) is 3.02. The molecule has 37 heavy (non-hydrogen) atoms. The third-order valence-electron chi connectivity index (χ3n) is 7.37. The van der Waals surface area contributed by atoms with Crippen LogP contribution in [0.15, 0.2) is 66.9 Å². The van der Waals surface area contributed by atoms with Gasteiger partial charge in [0.05, 0.1) is 30.0 Å². The minimum atomic E-state index is -0.364. The lowest BCUT2D eigenvalue weighted by molar-refractivity contribution is -0.117. The number of likely N-dealkylation sites (tertiary alicyclic amines) is 1. The molecule has 0 saturated carbocycles. The van der Waals surface area contributed by atoms with E-state index < -0.39 is 0 Å². The van der Waals surface area contributed by atoms with Crippen molar-refractivity contribution in [3.05, 3.63) is 78.0 Å². The summed E-state index contributed by atoms with van der Waals surface area (Å²) in [6, 6.07) is 19.5. The Bertz CT molecular complexity index is 1250. The molecule has 0 bridgehead atoms. The molecule has 0 aliphatic carbocycles. The van der Waals surface area contributed by atoms with Crippen LogP contribution in [0.5, 0.6) is 5.75 Å². The lowest BCUT2D eigenvalue weighted by atomic mass is 9.97. The van der Waals surface area contributed by atoms with Gasteiger partial charge in [0.1, 0.15) is 5.75 Å². The van der Waals surface area contributed by atoms with E-state index in [9.17, 15) is 9.59 Å². The molecule has 3 aromatic rings. The zero-order valence-corrected chi connectivity index (χ0v) is 21.5. The summed E-state index contributed by atoms with van der Waals surface area (Å²) >= 11 is 0. The van der Waals surface area contributed by atoms with Gasteiger partial charge in [-0.2, -0.15) is 0 Å². The van der Waals surface area contributed by atoms with Crippen molar-refractivity contribution in [2.45, 2.75) is 58.0 Å². The fraction of sp³-hybridized carbons (Fsp3) is 0.367. The lowest BCUT2D eigenvalue weighted by Crippen LogP contribution is -2.44. The second-order valence-electron chi connectivity index (χ2n) is 9.97. The number of nitrogens with zero attached hydrogens (tertiary/aromatic N) is 3. The molecular formula is C30H34N4O3. The summed E-state index contributed by atoms with van der Waals surface area (Å²) in [5, 5.41) is 3.19. The van der Waals surface area contributed by atoms with Gasteiger partial charge >= 0.3 is 0 Å². The van der Waals surface area contributed by atoms with E-state index in [0.29, 0.717) is 41.4 Å². The quantitative estimate of drug-likeness (QED) is 0.428. The first-order valence-corrected chi connectivity index (χ1v) is 13.2. The Morgan fingerprint density at radius 1 is 1.03 bits per heavy atom. The lowest BCUT2D eigenvalue weighted by Gasteiger charge is -2.39. The van der Waals surface area contributed by atoms with Gasteiger partial charge in [-0.3, -0.25) is 14.5 Å². The van der Waals surface area contributed by atoms with Gasteiger partial charge in [0.2, 0.25) is 5.91 Å². The first-order valence-electron chi connectivity index (χ1n) is 13.2. The highest BCUT2D eigenvalue weighted by molar-refractivity contribution is 6.25. The number of anilines is 3. The number of hydrogen-bond acceptors (Lipinski definition) is 6. The second-order valence-corrected chi connectivity index (χ2v) is 9.97. The molecule has 0 spiro atoms. The predicted octanol–water partition coefficient (Wildman–Crippen LogP) is 5.59. The number of carbonyl (C=O) groups excluding carboxylic acids is 2. The molecule has 2 aliphatic heterocycles. The Morgan fingerprint density at radius 3 is 2.57 bits per heavy atom. The number of imide groups is 1. The Balaban J connectivity index is 1.21. The van der Waals surface area contributed by atoms with Crippen molar-refractivity contribution in [3.8, 4) is 5.75 Å². The molecule has 192 valence electrons. The van der Waals surface area contributed by atoms with E-state index in [1.54, 1.807) is 30.5 Å². The van der Waals surface area contributed by atoms with Crippen LogP contribution in [0.4, 0.5) is 17.2 Å². The number of ether oxygens (including phenoxy) is 1. The summed E-state index contributed by atoms with van der Waals surface area (Å²) in [6.07, 6.45) is 6.59. The highest BCUT2D eigenvalue weighted by Crippen LogP contribution is 2.34. The van der Waals surface area contributed by atoms with Crippen LogP contribution in [0.2, 0.25) is 0 Å². The summed E-state index contributed by atoms with van der Waals surface area (Å²) < 4.78 is 5.97. The minimum Gasteiger partial charge on any atom is -0.494 e. The average molecular weight is 499 g/mol. The van der Waals surface area contributed by atoms with Crippen molar-refractivity contribution in [2.75, 3.05) is 23.4 Å². The summed E-state index contributed by atoms with van der Waals surface area (Å²) in [5.74, 6) is 0.592. The van der Waals surface area contributed by atoms with Crippen molar-refractivity contribution in [1.29, 1.82) is 0 Å². The van der Waals surface area contributed by atoms with Crippen molar-refractivity contribution in [3.63, 3.8) is 0 Å². The fourth-order valence-electron chi connectivity index (χ4n) is 5.37. The number of para-hydroxylation sites is 1. The van der Waals surface area contributed by atoms with Crippen LogP contribution >= 0.6 is 0 Å². The molecule has 1 fully saturated rings. The highest BCUT2D eigenvalue weighted by Gasteiger charge is 2.31. The summed E-state index contributed by atoms with van der Waals surface area (Å²) in [6.45, 7) is 6.35. The first kappa shape index (κ1) is 25.0. The Hall–Kier alpha value is -3.71. The standard InChI is InChI=1S/C30H34N4O3/c1-21-8-5-9-22(2)33(21)18-7-19-37-24-15-13-23(14-16-24)20-28(35)34-27-12-6-17-31-29(27)32-26-11-4-3-10-25(26)30(34)36/h3-4,6,10-17,21-22H,5,7-9,18-20H2,1-2H3,(H,31,32). The van der Waals surface area contributed by atoms with Gasteiger partial charge in [0.25, 0.3) is 5.91 Å². The number of amides is 2. The van der Waals surface area contributed by atoms with Gasteiger partial charge in [-0.25, -0.2) is 9.88 Å². The van der Waals surface area contributed by atoms with E-state index in [-0.39, 0.29) is 18.2 Å². The first-order chi connectivity index (χ1) is 18.0. The van der Waals surface area contributed by atoms with Crippen molar-refractivity contribution in [1.82, 2.24) is 9.88 Å². The third-order valence-corrected chi connectivity index (χ3v) is 7.37. The van der Waals surface area contributed by atoms with E-state index in [0.717, 1.165) is 24.3 Å². The van der Waals surface area contributed by atoms with Crippen molar-refractivity contribution < 1.29 is 14.3 Å². The Morgan fingerprint density at radius 2 is 1.78 bits per heavy atom. The number of piperidine rings is 1. The van der Waals surface area contributed by atoms with Gasteiger partial charge < -0.3 is 10.1 Å². The number of fused-ring (bicyclic) bond motifs is 2. The number of benzene rings is 2. The molecule has 2 aliphatic rings. The van der Waals surface area contributed by atoms with Gasteiger partial charge in [-0.15, -0.1) is 0 Å². The fourth-order valence-corrected chi connectivity index (χ4v) is 5.37. The van der Waals surface area contributed by atoms with Gasteiger partial charge in [-0.05, 0) is 75.1 Å². The van der Waals surface area contributed by atoms with Crippen LogP contribution in [-0.2, 0) is 11.2 Å². The largest absolute Gasteiger partial charge is 0.494 e. The molecule has 2 amide bonds. The normalized spacial score (nSPS) is 19.4. The number of carbonyl (C=O) groups is 2. The van der Waals surface area contributed by atoms with Gasteiger partial charge in [0.15, 0.2) is 5.82 Å². The molecule has 3 heterocycles. The molecule has 7 nitrogen and oxygen atoms in total. The molecule has 1 aromatic heterocycles. The number of aromatic nitrogens is 1. The van der Waals surface area contributed by atoms with Crippen LogP contribution in [0.3, 0.4) is 0 Å². The second kappa shape index (κ2) is 11.1. The van der Waals surface area contributed by atoms with E-state index in [4.69, 9.17) is 4.74 Å². The molecule has 2 aromatic carbocycles. The maximum absolute atomic E-state index is 13.4. The predicted molar refractivity (Wildman–Crippen MR) is 146 cm³/mol. The van der Waals surface area contributed by atoms with Crippen LogP contribution in [0, 0.1) is 0 Å². The smallest absolute Gasteiger partial charge is 0.267 e. The molecule has 1 N–H and O–H groups in total.